The van der Waals surface area contributed by atoms with Crippen LogP contribution in [0, 0.1) is 0 Å². The van der Waals surface area contributed by atoms with Gasteiger partial charge in [0, 0.05) is 11.5 Å². The number of hydrogen-bond acceptors (Lipinski definition) is 4. The van der Waals surface area contributed by atoms with E-state index in [0.29, 0.717) is 11.8 Å². The third kappa shape index (κ3) is 3.18. The Kier molecular flexibility index (Phi) is 4.12. The highest BCUT2D eigenvalue weighted by molar-refractivity contribution is 5.86. The van der Waals surface area contributed by atoms with E-state index < -0.39 is 5.97 Å². The molecule has 0 unspecified atom stereocenters. The van der Waals surface area contributed by atoms with E-state index in [1.807, 2.05) is 0 Å². The van der Waals surface area contributed by atoms with E-state index in [4.69, 9.17) is 9.63 Å². The quantitative estimate of drug-likeness (QED) is 0.656. The molecule has 1 saturated carbocycles. The molecule has 0 amide bonds. The summed E-state index contributed by atoms with van der Waals surface area (Å²) in [6, 6.07) is 0. The number of carboxylic acids is 1. The van der Waals surface area contributed by atoms with Crippen LogP contribution in [0.5, 0.6) is 0 Å². The van der Waals surface area contributed by atoms with Crippen molar-refractivity contribution < 1.29 is 14.4 Å². The molecule has 1 aromatic rings. The van der Waals surface area contributed by atoms with Crippen LogP contribution in [0.15, 0.2) is 16.7 Å². The van der Waals surface area contributed by atoms with Gasteiger partial charge in [-0.05, 0) is 12.8 Å². The molecule has 0 aromatic carbocycles. The maximum Gasteiger partial charge on any atom is 0.331 e. The molecule has 5 nitrogen and oxygen atoms in total. The second-order valence-electron chi connectivity index (χ2n) is 4.82. The van der Waals surface area contributed by atoms with Gasteiger partial charge in [-0.25, -0.2) is 4.79 Å². The monoisotopic (exact) mass is 250 g/mol. The lowest BCUT2D eigenvalue weighted by Gasteiger charge is -2.07. The molecule has 1 N–H and O–H groups in total. The standard InChI is InChI=1S/C13H18N2O3/c1-9(13(16)17)8-11-14-12(15-18-11)10-6-4-2-3-5-7-10/h10H,1-8H2,(H,16,17). The minimum atomic E-state index is -1.02. The first-order valence-electron chi connectivity index (χ1n) is 6.40. The predicted molar refractivity (Wildman–Crippen MR) is 65.2 cm³/mol. The van der Waals surface area contributed by atoms with Crippen LogP contribution in [0.4, 0.5) is 0 Å². The van der Waals surface area contributed by atoms with Crippen molar-refractivity contribution in [2.24, 2.45) is 0 Å². The highest BCUT2D eigenvalue weighted by Gasteiger charge is 2.20. The molecule has 1 aliphatic rings. The number of hydrogen-bond donors (Lipinski definition) is 1. The Morgan fingerprint density at radius 1 is 1.33 bits per heavy atom. The normalized spacial score (nSPS) is 17.3. The van der Waals surface area contributed by atoms with E-state index >= 15 is 0 Å². The van der Waals surface area contributed by atoms with Gasteiger partial charge in [0.15, 0.2) is 5.82 Å². The Morgan fingerprint density at radius 2 is 2.00 bits per heavy atom. The molecule has 0 radical (unpaired) electrons. The predicted octanol–water partition coefficient (Wildman–Crippen LogP) is 2.69. The maximum absolute atomic E-state index is 10.7. The van der Waals surface area contributed by atoms with Crippen LogP contribution in [0.1, 0.15) is 56.2 Å². The van der Waals surface area contributed by atoms with Crippen LogP contribution in [-0.4, -0.2) is 21.2 Å². The first-order valence-corrected chi connectivity index (χ1v) is 6.40. The van der Waals surface area contributed by atoms with Crippen molar-refractivity contribution in [1.29, 1.82) is 0 Å². The number of rotatable bonds is 4. The summed E-state index contributed by atoms with van der Waals surface area (Å²) in [5, 5.41) is 12.7. The van der Waals surface area contributed by atoms with Gasteiger partial charge in [0.2, 0.25) is 5.89 Å². The van der Waals surface area contributed by atoms with Crippen molar-refractivity contribution in [2.75, 3.05) is 0 Å². The molecule has 1 aliphatic carbocycles. The van der Waals surface area contributed by atoms with Gasteiger partial charge in [-0.2, -0.15) is 4.98 Å². The van der Waals surface area contributed by atoms with Gasteiger partial charge in [-0.15, -0.1) is 0 Å². The fraction of sp³-hybridized carbons (Fsp3) is 0.615. The number of nitrogens with zero attached hydrogens (tertiary/aromatic N) is 2. The number of aliphatic carboxylic acids is 1. The van der Waals surface area contributed by atoms with Gasteiger partial charge in [0.1, 0.15) is 0 Å². The van der Waals surface area contributed by atoms with E-state index in [9.17, 15) is 4.79 Å². The summed E-state index contributed by atoms with van der Waals surface area (Å²) >= 11 is 0. The van der Waals surface area contributed by atoms with Crippen molar-refractivity contribution in [2.45, 2.75) is 50.9 Å². The van der Waals surface area contributed by atoms with Crippen molar-refractivity contribution in [1.82, 2.24) is 10.1 Å². The summed E-state index contributed by atoms with van der Waals surface area (Å²) in [4.78, 5) is 15.0. The van der Waals surface area contributed by atoms with Crippen molar-refractivity contribution >= 4 is 5.97 Å². The highest BCUT2D eigenvalue weighted by atomic mass is 16.5. The molecule has 0 saturated heterocycles. The fourth-order valence-electron chi connectivity index (χ4n) is 2.30. The maximum atomic E-state index is 10.7. The Balaban J connectivity index is 2.00. The molecular weight excluding hydrogens is 232 g/mol. The van der Waals surface area contributed by atoms with Crippen LogP contribution < -0.4 is 0 Å². The van der Waals surface area contributed by atoms with Crippen LogP contribution in [0.3, 0.4) is 0 Å². The van der Waals surface area contributed by atoms with Crippen molar-refractivity contribution in [3.05, 3.63) is 23.9 Å². The molecule has 0 bridgehead atoms. The number of carboxylic acid groups (broad SMARTS) is 1. The summed E-state index contributed by atoms with van der Waals surface area (Å²) in [5.41, 5.74) is 0.0751. The first kappa shape index (κ1) is 12.8. The van der Waals surface area contributed by atoms with Gasteiger partial charge in [-0.3, -0.25) is 0 Å². The average Bonchev–Trinajstić information content (AvgIpc) is 2.63. The van der Waals surface area contributed by atoms with Gasteiger partial charge in [0.25, 0.3) is 0 Å². The molecule has 0 spiro atoms. The molecule has 1 heterocycles. The van der Waals surface area contributed by atoms with Gasteiger partial charge in [0.05, 0.1) is 6.42 Å². The minimum Gasteiger partial charge on any atom is -0.478 e. The minimum absolute atomic E-state index is 0.0751. The molecule has 5 heteroatoms. The Labute approximate surface area is 106 Å². The molecule has 18 heavy (non-hydrogen) atoms. The third-order valence-electron chi connectivity index (χ3n) is 3.37. The molecule has 0 aliphatic heterocycles. The number of aromatic nitrogens is 2. The van der Waals surface area contributed by atoms with Crippen molar-refractivity contribution in [3.63, 3.8) is 0 Å². The molecule has 1 aromatic heterocycles. The lowest BCUT2D eigenvalue weighted by molar-refractivity contribution is -0.132. The SMILES string of the molecule is C=C(Cc1nc(C2CCCCCC2)no1)C(=O)O. The summed E-state index contributed by atoms with van der Waals surface area (Å²) in [6.45, 7) is 3.46. The van der Waals surface area contributed by atoms with Gasteiger partial charge < -0.3 is 9.63 Å². The zero-order valence-electron chi connectivity index (χ0n) is 10.4. The number of carbonyl (C=O) groups is 1. The topological polar surface area (TPSA) is 76.2 Å². The Bertz CT molecular complexity index is 431. The molecule has 2 rings (SSSR count). The van der Waals surface area contributed by atoms with E-state index in [1.165, 1.54) is 25.7 Å². The highest BCUT2D eigenvalue weighted by Crippen LogP contribution is 2.29. The Morgan fingerprint density at radius 3 is 2.61 bits per heavy atom. The van der Waals surface area contributed by atoms with Crippen molar-refractivity contribution in [3.8, 4) is 0 Å². The molecular formula is C13H18N2O3. The van der Waals surface area contributed by atoms with E-state index in [0.717, 1.165) is 18.7 Å². The molecule has 1 fully saturated rings. The van der Waals surface area contributed by atoms with Gasteiger partial charge >= 0.3 is 5.97 Å². The second-order valence-corrected chi connectivity index (χ2v) is 4.82. The first-order chi connectivity index (χ1) is 8.66. The van der Waals surface area contributed by atoms with Crippen LogP contribution in [0.25, 0.3) is 0 Å². The van der Waals surface area contributed by atoms with E-state index in [-0.39, 0.29) is 12.0 Å². The van der Waals surface area contributed by atoms with Crippen LogP contribution in [0.2, 0.25) is 0 Å². The lowest BCUT2D eigenvalue weighted by Crippen LogP contribution is -2.03. The Hall–Kier alpha value is -1.65. The largest absolute Gasteiger partial charge is 0.478 e. The van der Waals surface area contributed by atoms with E-state index in [1.54, 1.807) is 0 Å². The summed E-state index contributed by atoms with van der Waals surface area (Å²) in [6.07, 6.45) is 7.27. The zero-order valence-corrected chi connectivity index (χ0v) is 10.4. The zero-order chi connectivity index (χ0) is 13.0. The second kappa shape index (κ2) is 5.80. The van der Waals surface area contributed by atoms with Crippen LogP contribution >= 0.6 is 0 Å². The summed E-state index contributed by atoms with van der Waals surface area (Å²) < 4.78 is 5.09. The fourth-order valence-corrected chi connectivity index (χ4v) is 2.30. The molecule has 0 atom stereocenters. The van der Waals surface area contributed by atoms with Crippen LogP contribution in [-0.2, 0) is 11.2 Å². The summed E-state index contributed by atoms with van der Waals surface area (Å²) in [5.74, 6) is 0.416. The lowest BCUT2D eigenvalue weighted by atomic mass is 10.00. The van der Waals surface area contributed by atoms with E-state index in [2.05, 4.69) is 16.7 Å². The summed E-state index contributed by atoms with van der Waals surface area (Å²) in [7, 11) is 0. The van der Waals surface area contributed by atoms with Gasteiger partial charge in [-0.1, -0.05) is 37.4 Å². The molecule has 98 valence electrons. The smallest absolute Gasteiger partial charge is 0.331 e. The average molecular weight is 250 g/mol. The third-order valence-corrected chi connectivity index (χ3v) is 3.37.